The van der Waals surface area contributed by atoms with E-state index in [4.69, 9.17) is 0 Å². The van der Waals surface area contributed by atoms with E-state index in [-0.39, 0.29) is 12.5 Å². The van der Waals surface area contributed by atoms with Gasteiger partial charge in [0.15, 0.2) is 5.82 Å². The van der Waals surface area contributed by atoms with Crippen LogP contribution in [0.1, 0.15) is 50.1 Å². The number of aromatic amines is 1. The number of H-pyrrole nitrogens is 1. The number of tetrazole rings is 1. The minimum absolute atomic E-state index is 0.0820. The van der Waals surface area contributed by atoms with Crippen LogP contribution in [-0.4, -0.2) is 36.3 Å². The number of nitrogens with one attached hydrogen (secondary N) is 2. The molecule has 2 heterocycles. The lowest BCUT2D eigenvalue weighted by atomic mass is 9.97. The van der Waals surface area contributed by atoms with E-state index in [1.807, 2.05) is 6.07 Å². The zero-order chi connectivity index (χ0) is 14.5. The maximum absolute atomic E-state index is 11.8. The van der Waals surface area contributed by atoms with Crippen molar-refractivity contribution < 1.29 is 4.79 Å². The van der Waals surface area contributed by atoms with Gasteiger partial charge in [-0.3, -0.25) is 9.89 Å². The van der Waals surface area contributed by atoms with Gasteiger partial charge in [0.2, 0.25) is 5.91 Å². The van der Waals surface area contributed by atoms with E-state index in [9.17, 15) is 4.79 Å². The molecule has 1 aliphatic rings. The standard InChI is InChI=1S/C13H19N7O/c21-13(8-20-9-14-18-19-20)15-12-7-11(16-17-12)10-5-3-1-2-4-6-10/h7,9-10H,1-6,8H2,(H2,15,16,17,21). The molecule has 8 heteroatoms. The Hall–Kier alpha value is -2.25. The molecule has 2 aromatic heterocycles. The maximum atomic E-state index is 11.8. The molecule has 0 saturated heterocycles. The van der Waals surface area contributed by atoms with Gasteiger partial charge in [-0.05, 0) is 23.3 Å². The van der Waals surface area contributed by atoms with E-state index in [1.54, 1.807) is 0 Å². The summed E-state index contributed by atoms with van der Waals surface area (Å²) in [4.78, 5) is 11.8. The molecule has 112 valence electrons. The van der Waals surface area contributed by atoms with Crippen molar-refractivity contribution in [3.8, 4) is 0 Å². The third-order valence-electron chi connectivity index (χ3n) is 3.86. The number of anilines is 1. The van der Waals surface area contributed by atoms with Crippen LogP contribution in [0.15, 0.2) is 12.4 Å². The Morgan fingerprint density at radius 2 is 2.14 bits per heavy atom. The molecule has 1 saturated carbocycles. The highest BCUT2D eigenvalue weighted by Crippen LogP contribution is 2.31. The van der Waals surface area contributed by atoms with E-state index in [0.29, 0.717) is 11.7 Å². The summed E-state index contributed by atoms with van der Waals surface area (Å²) >= 11 is 0. The number of nitrogens with zero attached hydrogens (tertiary/aromatic N) is 5. The number of hydrogen-bond acceptors (Lipinski definition) is 5. The summed E-state index contributed by atoms with van der Waals surface area (Å²) < 4.78 is 1.37. The molecular formula is C13H19N7O. The zero-order valence-electron chi connectivity index (χ0n) is 11.8. The van der Waals surface area contributed by atoms with Crippen molar-refractivity contribution in [2.45, 2.75) is 51.0 Å². The fraction of sp³-hybridized carbons (Fsp3) is 0.615. The summed E-state index contributed by atoms with van der Waals surface area (Å²) in [5.74, 6) is 0.902. The Kier molecular flexibility index (Phi) is 4.23. The van der Waals surface area contributed by atoms with Crippen molar-refractivity contribution >= 4 is 11.7 Å². The van der Waals surface area contributed by atoms with E-state index < -0.39 is 0 Å². The summed E-state index contributed by atoms with van der Waals surface area (Å²) in [6.07, 6.45) is 8.97. The summed E-state index contributed by atoms with van der Waals surface area (Å²) in [5.41, 5.74) is 1.12. The maximum Gasteiger partial charge on any atom is 0.247 e. The van der Waals surface area contributed by atoms with E-state index in [0.717, 1.165) is 5.69 Å². The van der Waals surface area contributed by atoms with Crippen LogP contribution >= 0.6 is 0 Å². The fourth-order valence-corrected chi connectivity index (χ4v) is 2.78. The molecule has 0 aromatic carbocycles. The molecule has 2 aromatic rings. The lowest BCUT2D eigenvalue weighted by Gasteiger charge is -2.10. The first kappa shape index (κ1) is 13.7. The van der Waals surface area contributed by atoms with Crippen LogP contribution in [0.4, 0.5) is 5.82 Å². The van der Waals surface area contributed by atoms with E-state index in [1.165, 1.54) is 49.5 Å². The van der Waals surface area contributed by atoms with Crippen molar-refractivity contribution in [1.82, 2.24) is 30.4 Å². The smallest absolute Gasteiger partial charge is 0.247 e. The highest BCUT2D eigenvalue weighted by atomic mass is 16.2. The molecule has 3 rings (SSSR count). The molecule has 0 unspecified atom stereocenters. The van der Waals surface area contributed by atoms with Gasteiger partial charge in [-0.1, -0.05) is 25.7 Å². The van der Waals surface area contributed by atoms with Crippen LogP contribution in [0.2, 0.25) is 0 Å². The van der Waals surface area contributed by atoms with Crippen LogP contribution in [-0.2, 0) is 11.3 Å². The van der Waals surface area contributed by atoms with Crippen LogP contribution in [0.5, 0.6) is 0 Å². The SMILES string of the molecule is O=C(Cn1cnnn1)Nc1cc(C2CCCCCC2)[nH]n1. The van der Waals surface area contributed by atoms with Gasteiger partial charge in [0.1, 0.15) is 12.9 Å². The second kappa shape index (κ2) is 6.47. The molecule has 0 atom stereocenters. The monoisotopic (exact) mass is 289 g/mol. The third kappa shape index (κ3) is 3.65. The molecule has 0 radical (unpaired) electrons. The summed E-state index contributed by atoms with van der Waals surface area (Å²) in [7, 11) is 0. The van der Waals surface area contributed by atoms with Gasteiger partial charge in [0.25, 0.3) is 0 Å². The van der Waals surface area contributed by atoms with Gasteiger partial charge < -0.3 is 5.32 Å². The predicted molar refractivity (Wildman–Crippen MR) is 75.5 cm³/mol. The lowest BCUT2D eigenvalue weighted by Crippen LogP contribution is -2.19. The molecule has 2 N–H and O–H groups in total. The van der Waals surface area contributed by atoms with Gasteiger partial charge in [0, 0.05) is 17.7 Å². The zero-order valence-corrected chi connectivity index (χ0v) is 11.8. The first-order valence-corrected chi connectivity index (χ1v) is 7.37. The van der Waals surface area contributed by atoms with Gasteiger partial charge in [0.05, 0.1) is 0 Å². The Balaban J connectivity index is 1.58. The molecule has 0 aliphatic heterocycles. The van der Waals surface area contributed by atoms with Crippen molar-refractivity contribution in [3.05, 3.63) is 18.1 Å². The number of amides is 1. The molecular weight excluding hydrogens is 270 g/mol. The van der Waals surface area contributed by atoms with Gasteiger partial charge in [-0.2, -0.15) is 5.10 Å². The quantitative estimate of drug-likeness (QED) is 0.830. The summed E-state index contributed by atoms with van der Waals surface area (Å²) in [6.45, 7) is 0.0820. The highest BCUT2D eigenvalue weighted by molar-refractivity contribution is 5.89. The molecule has 0 bridgehead atoms. The Bertz CT molecular complexity index is 569. The Morgan fingerprint density at radius 3 is 2.86 bits per heavy atom. The number of carbonyl (C=O) groups is 1. The van der Waals surface area contributed by atoms with E-state index in [2.05, 4.69) is 31.0 Å². The van der Waals surface area contributed by atoms with E-state index >= 15 is 0 Å². The van der Waals surface area contributed by atoms with Crippen LogP contribution in [0, 0.1) is 0 Å². The average molecular weight is 289 g/mol. The fourth-order valence-electron chi connectivity index (χ4n) is 2.78. The molecule has 1 amide bonds. The minimum Gasteiger partial charge on any atom is -0.308 e. The predicted octanol–water partition coefficient (Wildman–Crippen LogP) is 1.47. The van der Waals surface area contributed by atoms with Gasteiger partial charge in [-0.15, -0.1) is 5.10 Å². The molecule has 0 spiro atoms. The average Bonchev–Trinajstić information content (AvgIpc) is 3.05. The highest BCUT2D eigenvalue weighted by Gasteiger charge is 2.17. The van der Waals surface area contributed by atoms with Crippen LogP contribution in [0.3, 0.4) is 0 Å². The Morgan fingerprint density at radius 1 is 1.33 bits per heavy atom. The largest absolute Gasteiger partial charge is 0.308 e. The lowest BCUT2D eigenvalue weighted by molar-refractivity contribution is -0.116. The van der Waals surface area contributed by atoms with Crippen LogP contribution in [0.25, 0.3) is 0 Å². The first-order valence-electron chi connectivity index (χ1n) is 7.37. The number of aromatic nitrogens is 6. The van der Waals surface area contributed by atoms with Gasteiger partial charge in [-0.25, -0.2) is 4.68 Å². The van der Waals surface area contributed by atoms with Crippen molar-refractivity contribution in [2.75, 3.05) is 5.32 Å². The second-order valence-corrected chi connectivity index (χ2v) is 5.45. The third-order valence-corrected chi connectivity index (χ3v) is 3.86. The molecule has 1 fully saturated rings. The van der Waals surface area contributed by atoms with Crippen molar-refractivity contribution in [1.29, 1.82) is 0 Å². The van der Waals surface area contributed by atoms with Crippen LogP contribution < -0.4 is 5.32 Å². The Labute approximate surface area is 122 Å². The summed E-state index contributed by atoms with van der Waals surface area (Å²) in [5, 5.41) is 20.6. The van der Waals surface area contributed by atoms with Crippen molar-refractivity contribution in [3.63, 3.8) is 0 Å². The normalized spacial score (nSPS) is 16.6. The molecule has 1 aliphatic carbocycles. The number of hydrogen-bond donors (Lipinski definition) is 2. The topological polar surface area (TPSA) is 101 Å². The number of carbonyl (C=O) groups excluding carboxylic acids is 1. The minimum atomic E-state index is -0.193. The second-order valence-electron chi connectivity index (χ2n) is 5.45. The number of rotatable bonds is 4. The van der Waals surface area contributed by atoms with Gasteiger partial charge >= 0.3 is 0 Å². The molecule has 8 nitrogen and oxygen atoms in total. The van der Waals surface area contributed by atoms with Crippen molar-refractivity contribution in [2.24, 2.45) is 0 Å². The summed E-state index contributed by atoms with van der Waals surface area (Å²) in [6, 6.07) is 1.94. The first-order chi connectivity index (χ1) is 10.3. The molecule has 21 heavy (non-hydrogen) atoms.